The first-order valence-electron chi connectivity index (χ1n) is 7.51. The number of thiazole rings is 1. The van der Waals surface area contributed by atoms with Crippen molar-refractivity contribution in [3.8, 4) is 0 Å². The highest BCUT2D eigenvalue weighted by atomic mass is 35.5. The van der Waals surface area contributed by atoms with E-state index in [0.717, 1.165) is 34.8 Å². The maximum Gasteiger partial charge on any atom is 0.263 e. The molecule has 0 unspecified atom stereocenters. The second-order valence-corrected chi connectivity index (χ2v) is 7.47. The fourth-order valence-electron chi connectivity index (χ4n) is 2.46. The minimum absolute atomic E-state index is 0. The van der Waals surface area contributed by atoms with E-state index in [1.165, 1.54) is 11.3 Å². The quantitative estimate of drug-likeness (QED) is 0.856. The van der Waals surface area contributed by atoms with Gasteiger partial charge in [0, 0.05) is 25.3 Å². The minimum atomic E-state index is -0.341. The van der Waals surface area contributed by atoms with Crippen molar-refractivity contribution in [2.75, 3.05) is 19.8 Å². The summed E-state index contributed by atoms with van der Waals surface area (Å²) in [6, 6.07) is 0. The summed E-state index contributed by atoms with van der Waals surface area (Å²) in [6.07, 6.45) is 2.40. The van der Waals surface area contributed by atoms with Gasteiger partial charge in [0.2, 0.25) is 0 Å². The van der Waals surface area contributed by atoms with Gasteiger partial charge in [-0.15, -0.1) is 23.7 Å². The van der Waals surface area contributed by atoms with E-state index in [1.807, 2.05) is 6.92 Å². The number of carbonyl (C=O) groups is 1. The van der Waals surface area contributed by atoms with E-state index in [-0.39, 0.29) is 23.9 Å². The SMILES string of the molecule is Cc1nc(CC(C)C)c(C(=O)NCC2(N)CCOCC2)s1.Cl. The van der Waals surface area contributed by atoms with E-state index in [1.54, 1.807) is 0 Å². The van der Waals surface area contributed by atoms with Crippen molar-refractivity contribution < 1.29 is 9.53 Å². The molecule has 3 N–H and O–H groups in total. The van der Waals surface area contributed by atoms with Crippen LogP contribution in [0.4, 0.5) is 0 Å². The molecule has 1 amide bonds. The van der Waals surface area contributed by atoms with E-state index in [2.05, 4.69) is 24.1 Å². The fourth-order valence-corrected chi connectivity index (χ4v) is 3.33. The maximum absolute atomic E-state index is 12.4. The van der Waals surface area contributed by atoms with Crippen LogP contribution in [0.3, 0.4) is 0 Å². The minimum Gasteiger partial charge on any atom is -0.381 e. The van der Waals surface area contributed by atoms with Crippen LogP contribution < -0.4 is 11.1 Å². The maximum atomic E-state index is 12.4. The highest BCUT2D eigenvalue weighted by molar-refractivity contribution is 7.13. The number of amides is 1. The average Bonchev–Trinajstić information content (AvgIpc) is 2.77. The highest BCUT2D eigenvalue weighted by Crippen LogP contribution is 2.22. The zero-order chi connectivity index (χ0) is 15.5. The topological polar surface area (TPSA) is 77.2 Å². The van der Waals surface area contributed by atoms with E-state index in [9.17, 15) is 4.79 Å². The molecule has 2 rings (SSSR count). The van der Waals surface area contributed by atoms with Crippen LogP contribution in [-0.2, 0) is 11.2 Å². The Bertz CT molecular complexity index is 499. The number of ether oxygens (including phenoxy) is 1. The lowest BCUT2D eigenvalue weighted by atomic mass is 9.91. The Balaban J connectivity index is 0.00000242. The van der Waals surface area contributed by atoms with Crippen molar-refractivity contribution >= 4 is 29.7 Å². The van der Waals surface area contributed by atoms with Gasteiger partial charge in [-0.3, -0.25) is 4.79 Å². The van der Waals surface area contributed by atoms with Crippen LogP contribution >= 0.6 is 23.7 Å². The van der Waals surface area contributed by atoms with Gasteiger partial charge in [0.05, 0.1) is 10.7 Å². The molecule has 1 aliphatic heterocycles. The van der Waals surface area contributed by atoms with Crippen molar-refractivity contribution in [2.24, 2.45) is 11.7 Å². The Morgan fingerprint density at radius 1 is 1.45 bits per heavy atom. The predicted molar refractivity (Wildman–Crippen MR) is 91.9 cm³/mol. The van der Waals surface area contributed by atoms with E-state index < -0.39 is 0 Å². The molecule has 22 heavy (non-hydrogen) atoms. The van der Waals surface area contributed by atoms with E-state index in [0.29, 0.717) is 25.7 Å². The number of halogens is 1. The third-order valence-electron chi connectivity index (χ3n) is 3.70. The first-order chi connectivity index (χ1) is 9.89. The van der Waals surface area contributed by atoms with Crippen LogP contribution in [0.15, 0.2) is 0 Å². The van der Waals surface area contributed by atoms with Gasteiger partial charge in [0.15, 0.2) is 0 Å². The van der Waals surface area contributed by atoms with Gasteiger partial charge in [-0.1, -0.05) is 13.8 Å². The van der Waals surface area contributed by atoms with Gasteiger partial charge in [0.1, 0.15) is 4.88 Å². The Morgan fingerprint density at radius 2 is 2.09 bits per heavy atom. The molecule has 1 aliphatic rings. The van der Waals surface area contributed by atoms with Gasteiger partial charge in [-0.05, 0) is 32.1 Å². The largest absolute Gasteiger partial charge is 0.381 e. The lowest BCUT2D eigenvalue weighted by Gasteiger charge is -2.33. The molecular weight excluding hydrogens is 322 g/mol. The van der Waals surface area contributed by atoms with Crippen molar-refractivity contribution in [2.45, 2.75) is 45.6 Å². The molecule has 1 saturated heterocycles. The predicted octanol–water partition coefficient (Wildman–Crippen LogP) is 2.31. The zero-order valence-electron chi connectivity index (χ0n) is 13.5. The van der Waals surface area contributed by atoms with Crippen molar-refractivity contribution in [3.05, 3.63) is 15.6 Å². The first kappa shape index (κ1) is 19.4. The molecule has 1 fully saturated rings. The van der Waals surface area contributed by atoms with Gasteiger partial charge >= 0.3 is 0 Å². The van der Waals surface area contributed by atoms with Gasteiger partial charge in [-0.2, -0.15) is 0 Å². The molecule has 0 saturated carbocycles. The second kappa shape index (κ2) is 8.24. The fraction of sp³-hybridized carbons (Fsp3) is 0.733. The number of aryl methyl sites for hydroxylation is 1. The lowest BCUT2D eigenvalue weighted by molar-refractivity contribution is 0.0518. The smallest absolute Gasteiger partial charge is 0.263 e. The summed E-state index contributed by atoms with van der Waals surface area (Å²) in [4.78, 5) is 17.6. The Labute approximate surface area is 142 Å². The van der Waals surface area contributed by atoms with Gasteiger partial charge < -0.3 is 15.8 Å². The van der Waals surface area contributed by atoms with Crippen LogP contribution in [0.25, 0.3) is 0 Å². The number of rotatable bonds is 5. The Hall–Kier alpha value is -0.690. The van der Waals surface area contributed by atoms with Crippen LogP contribution in [0.1, 0.15) is 47.1 Å². The van der Waals surface area contributed by atoms with Crippen molar-refractivity contribution in [3.63, 3.8) is 0 Å². The van der Waals surface area contributed by atoms with Gasteiger partial charge in [-0.25, -0.2) is 4.98 Å². The molecule has 126 valence electrons. The summed E-state index contributed by atoms with van der Waals surface area (Å²) in [5.74, 6) is 0.432. The molecule has 0 aliphatic carbocycles. The molecule has 2 heterocycles. The molecule has 1 aromatic heterocycles. The third kappa shape index (κ3) is 5.19. The summed E-state index contributed by atoms with van der Waals surface area (Å²) >= 11 is 1.46. The van der Waals surface area contributed by atoms with Crippen LogP contribution in [0.5, 0.6) is 0 Å². The number of carbonyl (C=O) groups excluding carboxylic acids is 1. The number of nitrogens with one attached hydrogen (secondary N) is 1. The molecule has 0 aromatic carbocycles. The van der Waals surface area contributed by atoms with Crippen LogP contribution in [-0.4, -0.2) is 36.2 Å². The molecule has 0 atom stereocenters. The first-order valence-corrected chi connectivity index (χ1v) is 8.32. The lowest BCUT2D eigenvalue weighted by Crippen LogP contribution is -2.53. The molecule has 1 aromatic rings. The van der Waals surface area contributed by atoms with Crippen LogP contribution in [0, 0.1) is 12.8 Å². The third-order valence-corrected chi connectivity index (χ3v) is 4.71. The summed E-state index contributed by atoms with van der Waals surface area (Å²) in [6.45, 7) is 8.04. The molecule has 0 spiro atoms. The summed E-state index contributed by atoms with van der Waals surface area (Å²) < 4.78 is 5.32. The standard InChI is InChI=1S/C15H25N3O2S.ClH/c1-10(2)8-12-13(21-11(3)18-12)14(19)17-9-15(16)4-6-20-7-5-15;/h10H,4-9,16H2,1-3H3,(H,17,19);1H. The highest BCUT2D eigenvalue weighted by Gasteiger charge is 2.29. The van der Waals surface area contributed by atoms with E-state index in [4.69, 9.17) is 10.5 Å². The van der Waals surface area contributed by atoms with Crippen LogP contribution in [0.2, 0.25) is 0 Å². The number of hydrogen-bond acceptors (Lipinski definition) is 5. The molecular formula is C15H26ClN3O2S. The monoisotopic (exact) mass is 347 g/mol. The second-order valence-electron chi connectivity index (χ2n) is 6.26. The molecule has 0 bridgehead atoms. The Kier molecular flexibility index (Phi) is 7.25. The Morgan fingerprint density at radius 3 is 2.68 bits per heavy atom. The molecule has 0 radical (unpaired) electrons. The zero-order valence-corrected chi connectivity index (χ0v) is 15.1. The summed E-state index contributed by atoms with van der Waals surface area (Å²) in [7, 11) is 0. The van der Waals surface area contributed by atoms with Crippen molar-refractivity contribution in [1.82, 2.24) is 10.3 Å². The number of nitrogens with zero attached hydrogens (tertiary/aromatic N) is 1. The van der Waals surface area contributed by atoms with E-state index >= 15 is 0 Å². The summed E-state index contributed by atoms with van der Waals surface area (Å²) in [5.41, 5.74) is 6.87. The van der Waals surface area contributed by atoms with Gasteiger partial charge in [0.25, 0.3) is 5.91 Å². The average molecular weight is 348 g/mol. The number of nitrogens with two attached hydrogens (primary N) is 1. The normalized spacial score (nSPS) is 17.1. The number of aromatic nitrogens is 1. The molecule has 7 heteroatoms. The number of hydrogen-bond donors (Lipinski definition) is 2. The summed E-state index contributed by atoms with van der Waals surface area (Å²) in [5, 5.41) is 3.92. The molecule has 5 nitrogen and oxygen atoms in total. The van der Waals surface area contributed by atoms with Crippen molar-refractivity contribution in [1.29, 1.82) is 0 Å².